The molecule has 1 rings (SSSR count). The molecule has 4 heteroatoms. The summed E-state index contributed by atoms with van der Waals surface area (Å²) >= 11 is 8.93. The van der Waals surface area contributed by atoms with Crippen LogP contribution in [0.2, 0.25) is 0 Å². The molecule has 0 spiro atoms. The van der Waals surface area contributed by atoms with E-state index in [1.165, 1.54) is 0 Å². The van der Waals surface area contributed by atoms with Crippen molar-refractivity contribution >= 4 is 33.5 Å². The van der Waals surface area contributed by atoms with Crippen molar-refractivity contribution < 1.29 is 9.90 Å². The SMILES string of the molecule is O=C(O)C(CCCCl)c1ccccc1Br. The van der Waals surface area contributed by atoms with Crippen molar-refractivity contribution in [3.05, 3.63) is 34.3 Å². The predicted octanol–water partition coefficient (Wildman–Crippen LogP) is 3.64. The van der Waals surface area contributed by atoms with Gasteiger partial charge in [0.25, 0.3) is 0 Å². The van der Waals surface area contributed by atoms with Crippen molar-refractivity contribution in [3.8, 4) is 0 Å². The molecule has 1 unspecified atom stereocenters. The monoisotopic (exact) mass is 290 g/mol. The molecule has 82 valence electrons. The highest BCUT2D eigenvalue weighted by Crippen LogP contribution is 2.28. The van der Waals surface area contributed by atoms with Gasteiger partial charge in [-0.1, -0.05) is 34.1 Å². The van der Waals surface area contributed by atoms with E-state index in [4.69, 9.17) is 16.7 Å². The Balaban J connectivity index is 2.89. The molecule has 1 atom stereocenters. The Morgan fingerprint density at radius 1 is 1.47 bits per heavy atom. The molecule has 2 nitrogen and oxygen atoms in total. The Hall–Kier alpha value is -0.540. The lowest BCUT2D eigenvalue weighted by Gasteiger charge is -2.13. The number of hydrogen-bond donors (Lipinski definition) is 1. The van der Waals surface area contributed by atoms with Gasteiger partial charge in [-0.3, -0.25) is 4.79 Å². The summed E-state index contributed by atoms with van der Waals surface area (Å²) in [5.41, 5.74) is 0.815. The fourth-order valence-corrected chi connectivity index (χ4v) is 2.17. The molecule has 0 heterocycles. The van der Waals surface area contributed by atoms with Crippen LogP contribution < -0.4 is 0 Å². The maximum absolute atomic E-state index is 11.1. The molecule has 15 heavy (non-hydrogen) atoms. The van der Waals surface area contributed by atoms with Crippen LogP contribution in [-0.2, 0) is 4.79 Å². The van der Waals surface area contributed by atoms with Crippen LogP contribution in [0.15, 0.2) is 28.7 Å². The Labute approximate surface area is 102 Å². The summed E-state index contributed by atoms with van der Waals surface area (Å²) in [5.74, 6) is -0.778. The first-order valence-electron chi connectivity index (χ1n) is 4.70. The lowest BCUT2D eigenvalue weighted by molar-refractivity contribution is -0.139. The first kappa shape index (κ1) is 12.5. The van der Waals surface area contributed by atoms with Crippen LogP contribution in [0.1, 0.15) is 24.3 Å². The van der Waals surface area contributed by atoms with Crippen molar-refractivity contribution in [1.29, 1.82) is 0 Å². The quantitative estimate of drug-likeness (QED) is 0.841. The molecule has 0 radical (unpaired) electrons. The topological polar surface area (TPSA) is 37.3 Å². The second kappa shape index (κ2) is 6.13. The summed E-state index contributed by atoms with van der Waals surface area (Å²) in [7, 11) is 0. The zero-order chi connectivity index (χ0) is 11.3. The molecule has 0 amide bonds. The van der Waals surface area contributed by atoms with Gasteiger partial charge >= 0.3 is 5.97 Å². The first-order chi connectivity index (χ1) is 7.16. The number of halogens is 2. The van der Waals surface area contributed by atoms with E-state index < -0.39 is 11.9 Å². The first-order valence-corrected chi connectivity index (χ1v) is 6.02. The molecule has 1 aromatic rings. The molecule has 1 aromatic carbocycles. The fourth-order valence-electron chi connectivity index (χ4n) is 1.45. The number of carbonyl (C=O) groups is 1. The minimum Gasteiger partial charge on any atom is -0.481 e. The van der Waals surface area contributed by atoms with Gasteiger partial charge in [-0.25, -0.2) is 0 Å². The summed E-state index contributed by atoms with van der Waals surface area (Å²) < 4.78 is 0.840. The Bertz CT molecular complexity index is 341. The van der Waals surface area contributed by atoms with Crippen LogP contribution in [0.5, 0.6) is 0 Å². The summed E-state index contributed by atoms with van der Waals surface area (Å²) in [6, 6.07) is 7.40. The number of carboxylic acids is 1. The molecular weight excluding hydrogens is 279 g/mol. The van der Waals surface area contributed by atoms with E-state index in [2.05, 4.69) is 15.9 Å². The normalized spacial score (nSPS) is 12.4. The van der Waals surface area contributed by atoms with E-state index in [1.54, 1.807) is 0 Å². The number of aliphatic carboxylic acids is 1. The summed E-state index contributed by atoms with van der Waals surface area (Å²) in [5, 5.41) is 9.11. The molecule has 0 saturated heterocycles. The van der Waals surface area contributed by atoms with E-state index in [0.717, 1.165) is 10.0 Å². The average Bonchev–Trinajstić information content (AvgIpc) is 2.20. The van der Waals surface area contributed by atoms with Crippen molar-refractivity contribution in [1.82, 2.24) is 0 Å². The highest BCUT2D eigenvalue weighted by atomic mass is 79.9. The molecule has 0 aliphatic rings. The smallest absolute Gasteiger partial charge is 0.311 e. The maximum atomic E-state index is 11.1. The van der Waals surface area contributed by atoms with E-state index in [-0.39, 0.29) is 0 Å². The maximum Gasteiger partial charge on any atom is 0.311 e. The molecule has 0 aliphatic carbocycles. The van der Waals surface area contributed by atoms with E-state index in [0.29, 0.717) is 18.7 Å². The molecule has 1 N–H and O–H groups in total. The third-order valence-corrected chi connectivity index (χ3v) is 3.19. The number of hydrogen-bond acceptors (Lipinski definition) is 1. The molecular formula is C11H12BrClO2. The Morgan fingerprint density at radius 3 is 2.67 bits per heavy atom. The second-order valence-electron chi connectivity index (χ2n) is 3.24. The fraction of sp³-hybridized carbons (Fsp3) is 0.364. The lowest BCUT2D eigenvalue weighted by Crippen LogP contribution is -2.12. The molecule has 0 bridgehead atoms. The third kappa shape index (κ3) is 3.50. The largest absolute Gasteiger partial charge is 0.481 e. The Morgan fingerprint density at radius 2 is 2.13 bits per heavy atom. The molecule has 0 aliphatic heterocycles. The van der Waals surface area contributed by atoms with Gasteiger partial charge in [0.1, 0.15) is 0 Å². The summed E-state index contributed by atoms with van der Waals surface area (Å²) in [4.78, 5) is 11.1. The van der Waals surface area contributed by atoms with Gasteiger partial charge in [-0.2, -0.15) is 0 Å². The van der Waals surface area contributed by atoms with Gasteiger partial charge in [0.2, 0.25) is 0 Å². The van der Waals surface area contributed by atoms with Crippen molar-refractivity contribution in [2.75, 3.05) is 5.88 Å². The minimum absolute atomic E-state index is 0.473. The molecule has 0 saturated carbocycles. The average molecular weight is 292 g/mol. The lowest BCUT2D eigenvalue weighted by atomic mass is 9.95. The van der Waals surface area contributed by atoms with E-state index >= 15 is 0 Å². The molecule has 0 fully saturated rings. The number of alkyl halides is 1. The molecule has 0 aromatic heterocycles. The zero-order valence-corrected chi connectivity index (χ0v) is 10.5. The van der Waals surface area contributed by atoms with Crippen molar-refractivity contribution in [3.63, 3.8) is 0 Å². The van der Waals surface area contributed by atoms with Crippen LogP contribution in [0.3, 0.4) is 0 Å². The standard InChI is InChI=1S/C11H12BrClO2/c12-10-6-2-1-4-8(10)9(11(14)15)5-3-7-13/h1-2,4,6,9H,3,5,7H2,(H,14,15). The summed E-state index contributed by atoms with van der Waals surface area (Å²) in [6.45, 7) is 0. The second-order valence-corrected chi connectivity index (χ2v) is 4.48. The van der Waals surface area contributed by atoms with Crippen LogP contribution in [0.4, 0.5) is 0 Å². The number of benzene rings is 1. The number of rotatable bonds is 5. The van der Waals surface area contributed by atoms with Crippen LogP contribution in [0, 0.1) is 0 Å². The zero-order valence-electron chi connectivity index (χ0n) is 8.12. The Kier molecular flexibility index (Phi) is 5.12. The highest BCUT2D eigenvalue weighted by molar-refractivity contribution is 9.10. The van der Waals surface area contributed by atoms with Gasteiger partial charge < -0.3 is 5.11 Å². The predicted molar refractivity (Wildman–Crippen MR) is 64.5 cm³/mol. The minimum atomic E-state index is -0.799. The van der Waals surface area contributed by atoms with Gasteiger partial charge in [0.05, 0.1) is 5.92 Å². The van der Waals surface area contributed by atoms with Gasteiger partial charge in [0.15, 0.2) is 0 Å². The van der Waals surface area contributed by atoms with Gasteiger partial charge in [-0.05, 0) is 24.5 Å². The number of carboxylic acid groups (broad SMARTS) is 1. The van der Waals surface area contributed by atoms with Crippen LogP contribution in [0.25, 0.3) is 0 Å². The van der Waals surface area contributed by atoms with Crippen molar-refractivity contribution in [2.24, 2.45) is 0 Å². The van der Waals surface area contributed by atoms with Gasteiger partial charge in [0, 0.05) is 10.4 Å². The van der Waals surface area contributed by atoms with Gasteiger partial charge in [-0.15, -0.1) is 11.6 Å². The van der Waals surface area contributed by atoms with Crippen molar-refractivity contribution in [2.45, 2.75) is 18.8 Å². The van der Waals surface area contributed by atoms with Crippen LogP contribution in [-0.4, -0.2) is 17.0 Å². The third-order valence-electron chi connectivity index (χ3n) is 2.21. The summed E-state index contributed by atoms with van der Waals surface area (Å²) in [6.07, 6.45) is 1.28. The highest BCUT2D eigenvalue weighted by Gasteiger charge is 2.20. The van der Waals surface area contributed by atoms with E-state index in [9.17, 15) is 4.79 Å². The van der Waals surface area contributed by atoms with E-state index in [1.807, 2.05) is 24.3 Å². The van der Waals surface area contributed by atoms with Crippen LogP contribution >= 0.6 is 27.5 Å².